The van der Waals surface area contributed by atoms with Crippen LogP contribution in [0.4, 0.5) is 26.3 Å². The van der Waals surface area contributed by atoms with Crippen molar-refractivity contribution in [1.82, 2.24) is 0 Å². The summed E-state index contributed by atoms with van der Waals surface area (Å²) in [4.78, 5) is 0. The molecule has 6 saturated carbocycles. The lowest BCUT2D eigenvalue weighted by atomic mass is 9.68. The van der Waals surface area contributed by atoms with Crippen LogP contribution < -0.4 is 0 Å². The van der Waals surface area contributed by atoms with E-state index in [1.54, 1.807) is 39.0 Å². The first kappa shape index (κ1) is 57.9. The largest absolute Gasteiger partial charge is 0.203 e. The summed E-state index contributed by atoms with van der Waals surface area (Å²) in [6.45, 7) is 11.8. The second-order valence-electron chi connectivity index (χ2n) is 25.2. The average molecular weight is 1030 g/mol. The van der Waals surface area contributed by atoms with E-state index >= 15 is 0 Å². The van der Waals surface area contributed by atoms with Crippen LogP contribution in [0.5, 0.6) is 0 Å². The number of aryl methyl sites for hydroxylation is 3. The molecule has 0 aliphatic heterocycles. The molecule has 0 heterocycles. The number of rotatable bonds is 13. The molecule has 0 bridgehead atoms. The molecule has 0 aromatic heterocycles. The van der Waals surface area contributed by atoms with Crippen molar-refractivity contribution >= 4 is 0 Å². The van der Waals surface area contributed by atoms with Crippen molar-refractivity contribution in [3.05, 3.63) is 105 Å². The van der Waals surface area contributed by atoms with E-state index in [4.69, 9.17) is 0 Å². The van der Waals surface area contributed by atoms with E-state index in [1.165, 1.54) is 161 Å². The smallest absolute Gasteiger partial charge is 0.162 e. The second kappa shape index (κ2) is 28.6. The Hall–Kier alpha value is -2.76. The molecular formula is C67H110F6. The number of hydrogen-bond donors (Lipinski definition) is 0. The molecule has 6 aliphatic carbocycles. The van der Waals surface area contributed by atoms with Crippen molar-refractivity contribution in [2.45, 2.75) is 258 Å². The number of halogens is 6. The Morgan fingerprint density at radius 2 is 0.589 bits per heavy atom. The molecule has 0 saturated heterocycles. The molecule has 0 spiro atoms. The van der Waals surface area contributed by atoms with E-state index in [2.05, 4.69) is 20.8 Å². The van der Waals surface area contributed by atoms with Crippen LogP contribution in [0.25, 0.3) is 0 Å². The Labute approximate surface area is 449 Å². The van der Waals surface area contributed by atoms with Crippen LogP contribution in [0.3, 0.4) is 0 Å². The van der Waals surface area contributed by atoms with Gasteiger partial charge in [-0.2, -0.15) is 0 Å². The molecule has 3 aromatic carbocycles. The minimum absolute atomic E-state index is 0. The van der Waals surface area contributed by atoms with Gasteiger partial charge in [0.15, 0.2) is 34.9 Å². The summed E-state index contributed by atoms with van der Waals surface area (Å²) in [6, 6.07) is 10.6. The van der Waals surface area contributed by atoms with Crippen LogP contribution in [0.2, 0.25) is 0 Å². The third-order valence-electron chi connectivity index (χ3n) is 20.7. The molecular weight excluding hydrogens is 919 g/mol. The Kier molecular flexibility index (Phi) is 22.7. The van der Waals surface area contributed by atoms with Gasteiger partial charge in [0, 0.05) is 8.56 Å². The van der Waals surface area contributed by atoms with Gasteiger partial charge in [-0.15, -0.1) is 0 Å². The molecule has 0 N–H and O–H groups in total. The molecule has 0 nitrogen and oxygen atoms in total. The standard InChI is InChI=1S/C24H36F2.C22H32F2.C21H30F2.6H2/c1-3-4-5-6-18-8-10-19(11-9-18)20-12-14-21(15-13-20)22-16-7-17(2)23(25)24(22)26;1-3-4-16-6-8-17(9-7-16)18-10-12-19(13-11-18)20-14-5-15(2)21(23)22(20)24;1-3-15-5-7-16(8-6-15)17-9-11-18(12-10-17)19-13-4-14(2)20(22)21(19)23;;;;;;/h7,16,18-21H,3-6,8-15H2,1-2H3;5,14,16-19H,3-4,6-13H2,1-2H3;4,13,15-18H,3,5-12H2,1-2H3;6*1H. The van der Waals surface area contributed by atoms with Crippen LogP contribution in [0, 0.1) is 109 Å². The van der Waals surface area contributed by atoms with Crippen LogP contribution in [0.15, 0.2) is 36.4 Å². The topological polar surface area (TPSA) is 0 Å². The number of unbranched alkanes of at least 4 members (excludes halogenated alkanes) is 2. The van der Waals surface area contributed by atoms with Gasteiger partial charge in [-0.05, 0) is 241 Å². The minimum Gasteiger partial charge on any atom is -0.203 e. The van der Waals surface area contributed by atoms with Crippen molar-refractivity contribution in [2.24, 2.45) is 53.3 Å². The fourth-order valence-electron chi connectivity index (χ4n) is 15.7. The third kappa shape index (κ3) is 15.5. The monoisotopic (exact) mass is 1030 g/mol. The lowest BCUT2D eigenvalue weighted by molar-refractivity contribution is 0.155. The zero-order valence-electron chi connectivity index (χ0n) is 46.6. The molecule has 0 unspecified atom stereocenters. The molecule has 0 radical (unpaired) electrons. The normalized spacial score (nSPS) is 30.9. The molecule has 0 atom stereocenters. The Bertz CT molecular complexity index is 2130. The van der Waals surface area contributed by atoms with Crippen LogP contribution in [-0.4, -0.2) is 0 Å². The van der Waals surface area contributed by atoms with Crippen LogP contribution in [0.1, 0.15) is 280 Å². The first-order chi connectivity index (χ1) is 35.3. The molecule has 6 fully saturated rings. The van der Waals surface area contributed by atoms with E-state index in [0.29, 0.717) is 33.4 Å². The van der Waals surface area contributed by atoms with Crippen molar-refractivity contribution < 1.29 is 34.9 Å². The van der Waals surface area contributed by atoms with Gasteiger partial charge in [-0.25, -0.2) is 26.3 Å². The Morgan fingerprint density at radius 3 is 0.863 bits per heavy atom. The lowest BCUT2D eigenvalue weighted by Crippen LogP contribution is -2.25. The van der Waals surface area contributed by atoms with Crippen LogP contribution >= 0.6 is 0 Å². The molecule has 420 valence electrons. The quantitative estimate of drug-likeness (QED) is 0.118. The molecule has 6 heteroatoms. The highest BCUT2D eigenvalue weighted by Gasteiger charge is 2.35. The predicted octanol–water partition coefficient (Wildman–Crippen LogP) is 23.3. The van der Waals surface area contributed by atoms with Crippen LogP contribution in [-0.2, 0) is 0 Å². The Morgan fingerprint density at radius 1 is 0.315 bits per heavy atom. The summed E-state index contributed by atoms with van der Waals surface area (Å²) < 4.78 is 84.3. The Balaban J connectivity index is 0.000000572. The van der Waals surface area contributed by atoms with Gasteiger partial charge >= 0.3 is 0 Å². The van der Waals surface area contributed by atoms with Gasteiger partial charge in [-0.3, -0.25) is 0 Å². The summed E-state index contributed by atoms with van der Waals surface area (Å²) in [5.41, 5.74) is 3.08. The molecule has 6 aliphatic rings. The van der Waals surface area contributed by atoms with Gasteiger partial charge in [0.05, 0.1) is 0 Å². The maximum absolute atomic E-state index is 14.3. The second-order valence-corrected chi connectivity index (χ2v) is 25.2. The van der Waals surface area contributed by atoms with Gasteiger partial charge in [-0.1, -0.05) is 141 Å². The highest BCUT2D eigenvalue weighted by atomic mass is 19.2. The summed E-state index contributed by atoms with van der Waals surface area (Å²) in [5.74, 6) is 4.92. The molecule has 0 amide bonds. The van der Waals surface area contributed by atoms with E-state index in [9.17, 15) is 26.3 Å². The van der Waals surface area contributed by atoms with E-state index < -0.39 is 34.9 Å². The maximum atomic E-state index is 14.3. The highest BCUT2D eigenvalue weighted by molar-refractivity contribution is 5.31. The zero-order chi connectivity index (χ0) is 52.0. The van der Waals surface area contributed by atoms with Crippen molar-refractivity contribution in [3.63, 3.8) is 0 Å². The van der Waals surface area contributed by atoms with Crippen molar-refractivity contribution in [2.75, 3.05) is 0 Å². The molecule has 3 aromatic rings. The summed E-state index contributed by atoms with van der Waals surface area (Å²) in [6.07, 6.45) is 39.8. The summed E-state index contributed by atoms with van der Waals surface area (Å²) >= 11 is 0. The zero-order valence-corrected chi connectivity index (χ0v) is 46.6. The lowest BCUT2D eigenvalue weighted by Gasteiger charge is -2.38. The van der Waals surface area contributed by atoms with Gasteiger partial charge in [0.2, 0.25) is 0 Å². The molecule has 73 heavy (non-hydrogen) atoms. The summed E-state index contributed by atoms with van der Waals surface area (Å²) in [5, 5.41) is 0. The first-order valence-corrected chi connectivity index (χ1v) is 30.6. The van der Waals surface area contributed by atoms with E-state index in [1.807, 2.05) is 18.2 Å². The SMILES string of the molecule is CCC1CCC(C2CCC(c3ccc(C)c(F)c3F)CC2)CC1.CCCC1CCC(C2CCC(c3ccc(C)c(F)c3F)CC2)CC1.CCCCCC1CCC(C2CCC(c3ccc(C)c(F)c3F)CC2)CC1.[HH].[HH].[HH].[HH].[HH].[HH]. The first-order valence-electron chi connectivity index (χ1n) is 30.6. The fraction of sp³-hybridized carbons (Fsp3) is 0.731. The minimum atomic E-state index is -0.650. The maximum Gasteiger partial charge on any atom is 0.162 e. The summed E-state index contributed by atoms with van der Waals surface area (Å²) in [7, 11) is 0. The van der Waals surface area contributed by atoms with Crippen molar-refractivity contribution in [1.29, 1.82) is 0 Å². The van der Waals surface area contributed by atoms with Crippen molar-refractivity contribution in [3.8, 4) is 0 Å². The van der Waals surface area contributed by atoms with Gasteiger partial charge in [0.25, 0.3) is 0 Å². The fourth-order valence-corrected chi connectivity index (χ4v) is 15.7. The number of benzene rings is 3. The molecule has 9 rings (SSSR count). The highest BCUT2D eigenvalue weighted by Crippen LogP contribution is 2.48. The van der Waals surface area contributed by atoms with Gasteiger partial charge in [0.1, 0.15) is 0 Å². The van der Waals surface area contributed by atoms with Gasteiger partial charge < -0.3 is 0 Å². The number of hydrogen-bond acceptors (Lipinski definition) is 0. The van der Waals surface area contributed by atoms with E-state index in [-0.39, 0.29) is 26.3 Å². The third-order valence-corrected chi connectivity index (χ3v) is 20.7. The van der Waals surface area contributed by atoms with E-state index in [0.717, 1.165) is 91.8 Å². The predicted molar refractivity (Wildman–Crippen MR) is 306 cm³/mol. The average Bonchev–Trinajstić information content (AvgIpc) is 3.42.